The number of nitrogens with zero attached hydrogens (tertiary/aromatic N) is 1. The number of nitrogens with one attached hydrogen (secondary N) is 1. The van der Waals surface area contributed by atoms with Crippen molar-refractivity contribution in [1.82, 2.24) is 4.57 Å². The SMILES string of the molecule is O[C@H](Cn1ccc2ccccc21)C[NH+]1CCC([NH2+][C@H]2CCCC[C@@H]2O)CC1. The van der Waals surface area contributed by atoms with Gasteiger partial charge in [0.05, 0.1) is 25.7 Å². The Morgan fingerprint density at radius 1 is 1.07 bits per heavy atom. The highest BCUT2D eigenvalue weighted by Gasteiger charge is 2.32. The number of nitrogens with two attached hydrogens (primary N) is 1. The summed E-state index contributed by atoms with van der Waals surface area (Å²) in [5.41, 5.74) is 1.20. The number of aliphatic hydroxyl groups excluding tert-OH is 2. The first-order chi connectivity index (χ1) is 13.2. The van der Waals surface area contributed by atoms with Crippen LogP contribution in [0.3, 0.4) is 0 Å². The molecular formula is C22H35N3O2+2. The molecule has 5 nitrogen and oxygen atoms in total. The summed E-state index contributed by atoms with van der Waals surface area (Å²) >= 11 is 0. The Kier molecular flexibility index (Phi) is 6.13. The fourth-order valence-electron chi connectivity index (χ4n) is 5.08. The van der Waals surface area contributed by atoms with Gasteiger partial charge >= 0.3 is 0 Å². The van der Waals surface area contributed by atoms with E-state index in [4.69, 9.17) is 0 Å². The third kappa shape index (κ3) is 4.72. The van der Waals surface area contributed by atoms with Crippen molar-refractivity contribution in [2.45, 2.75) is 69.4 Å². The highest BCUT2D eigenvalue weighted by atomic mass is 16.3. The molecule has 1 aromatic heterocycles. The maximum atomic E-state index is 10.6. The summed E-state index contributed by atoms with van der Waals surface area (Å²) in [6.07, 6.45) is 8.64. The molecule has 2 aliphatic rings. The summed E-state index contributed by atoms with van der Waals surface area (Å²) in [5.74, 6) is 0. The van der Waals surface area contributed by atoms with E-state index in [-0.39, 0.29) is 12.2 Å². The summed E-state index contributed by atoms with van der Waals surface area (Å²) < 4.78 is 2.17. The van der Waals surface area contributed by atoms with Gasteiger partial charge in [-0.1, -0.05) is 24.6 Å². The van der Waals surface area contributed by atoms with E-state index < -0.39 is 0 Å². The van der Waals surface area contributed by atoms with Gasteiger partial charge < -0.3 is 25.0 Å². The van der Waals surface area contributed by atoms with Gasteiger partial charge in [-0.3, -0.25) is 0 Å². The smallest absolute Gasteiger partial charge is 0.121 e. The lowest BCUT2D eigenvalue weighted by Crippen LogP contribution is -3.16. The number of quaternary nitrogens is 2. The first-order valence-electron chi connectivity index (χ1n) is 10.8. The van der Waals surface area contributed by atoms with Gasteiger partial charge in [0, 0.05) is 31.0 Å². The number of likely N-dealkylation sites (tertiary alicyclic amines) is 1. The van der Waals surface area contributed by atoms with E-state index in [0.29, 0.717) is 18.6 Å². The van der Waals surface area contributed by atoms with Crippen molar-refractivity contribution in [2.75, 3.05) is 19.6 Å². The summed E-state index contributed by atoms with van der Waals surface area (Å²) in [5, 5.41) is 24.5. The summed E-state index contributed by atoms with van der Waals surface area (Å²) in [6, 6.07) is 11.5. The summed E-state index contributed by atoms with van der Waals surface area (Å²) in [7, 11) is 0. The molecule has 2 fully saturated rings. The standard InChI is InChI=1S/C22H33N3O2/c26-19(16-25-14-9-17-5-1-3-7-21(17)25)15-24-12-10-18(11-13-24)23-20-6-2-4-8-22(20)27/h1,3,5,7,9,14,18-20,22-23,26-27H,2,4,6,8,10-13,15-16H2/p+2/t19-,20-,22-/m0/s1. The highest BCUT2D eigenvalue weighted by molar-refractivity contribution is 5.79. The third-order valence-electron chi connectivity index (χ3n) is 6.65. The predicted molar refractivity (Wildman–Crippen MR) is 107 cm³/mol. The van der Waals surface area contributed by atoms with Crippen LogP contribution in [-0.2, 0) is 6.54 Å². The number of fused-ring (bicyclic) bond motifs is 1. The zero-order chi connectivity index (χ0) is 18.6. The van der Waals surface area contributed by atoms with Crippen molar-refractivity contribution in [3.63, 3.8) is 0 Å². The van der Waals surface area contributed by atoms with E-state index in [0.717, 1.165) is 32.5 Å². The molecule has 0 amide bonds. The second-order valence-corrected chi connectivity index (χ2v) is 8.68. The first-order valence-corrected chi connectivity index (χ1v) is 10.8. The van der Waals surface area contributed by atoms with Gasteiger partial charge in [0.25, 0.3) is 0 Å². The summed E-state index contributed by atoms with van der Waals surface area (Å²) in [6.45, 7) is 3.76. The van der Waals surface area contributed by atoms with Crippen molar-refractivity contribution >= 4 is 10.9 Å². The molecule has 0 spiro atoms. The van der Waals surface area contributed by atoms with Gasteiger partial charge in [-0.2, -0.15) is 0 Å². The quantitative estimate of drug-likeness (QED) is 0.572. The largest absolute Gasteiger partial charge is 0.387 e. The molecule has 2 aromatic rings. The van der Waals surface area contributed by atoms with Gasteiger partial charge in [-0.05, 0) is 30.4 Å². The van der Waals surface area contributed by atoms with E-state index in [1.807, 2.05) is 0 Å². The second kappa shape index (κ2) is 8.74. The Labute approximate surface area is 162 Å². The number of aromatic nitrogens is 1. The minimum Gasteiger partial charge on any atom is -0.387 e. The molecule has 5 heteroatoms. The number of hydrogen-bond donors (Lipinski definition) is 4. The van der Waals surface area contributed by atoms with Crippen LogP contribution < -0.4 is 10.2 Å². The minimum absolute atomic E-state index is 0.109. The molecule has 0 bridgehead atoms. The van der Waals surface area contributed by atoms with Crippen molar-refractivity contribution in [3.05, 3.63) is 36.5 Å². The van der Waals surface area contributed by atoms with Crippen LogP contribution in [0.25, 0.3) is 10.9 Å². The molecule has 2 heterocycles. The van der Waals surface area contributed by atoms with Gasteiger partial charge in [0.1, 0.15) is 24.8 Å². The Morgan fingerprint density at radius 2 is 1.85 bits per heavy atom. The maximum absolute atomic E-state index is 10.6. The molecule has 1 aliphatic carbocycles. The van der Waals surface area contributed by atoms with Crippen LogP contribution in [0.5, 0.6) is 0 Å². The predicted octanol–water partition coefficient (Wildman–Crippen LogP) is -0.0836. The van der Waals surface area contributed by atoms with Crippen LogP contribution in [0.1, 0.15) is 38.5 Å². The molecule has 0 radical (unpaired) electrons. The van der Waals surface area contributed by atoms with Crippen LogP contribution in [0.15, 0.2) is 36.5 Å². The Balaban J connectivity index is 1.23. The topological polar surface area (TPSA) is 66.4 Å². The molecule has 4 rings (SSSR count). The van der Waals surface area contributed by atoms with Gasteiger partial charge in [0.2, 0.25) is 0 Å². The van der Waals surface area contributed by atoms with Crippen molar-refractivity contribution in [1.29, 1.82) is 0 Å². The molecule has 1 aliphatic heterocycles. The lowest BCUT2D eigenvalue weighted by molar-refractivity contribution is -0.917. The van der Waals surface area contributed by atoms with Crippen molar-refractivity contribution in [2.24, 2.45) is 0 Å². The fourth-order valence-corrected chi connectivity index (χ4v) is 5.08. The molecule has 1 saturated heterocycles. The van der Waals surface area contributed by atoms with Gasteiger partial charge in [0.15, 0.2) is 0 Å². The molecular weight excluding hydrogens is 338 g/mol. The van der Waals surface area contributed by atoms with Crippen LogP contribution in [0.2, 0.25) is 0 Å². The number of para-hydroxylation sites is 1. The van der Waals surface area contributed by atoms with Crippen molar-refractivity contribution in [3.8, 4) is 0 Å². The Bertz CT molecular complexity index is 723. The Hall–Kier alpha value is -1.40. The molecule has 27 heavy (non-hydrogen) atoms. The van der Waals surface area contributed by atoms with Crippen LogP contribution in [-0.4, -0.2) is 58.7 Å². The van der Waals surface area contributed by atoms with E-state index in [2.05, 4.69) is 46.4 Å². The van der Waals surface area contributed by atoms with E-state index in [1.165, 1.54) is 41.5 Å². The number of aliphatic hydroxyl groups is 2. The first kappa shape index (κ1) is 18.9. The lowest BCUT2D eigenvalue weighted by Gasteiger charge is -2.33. The number of rotatable bonds is 6. The molecule has 1 saturated carbocycles. The van der Waals surface area contributed by atoms with E-state index in [1.54, 1.807) is 0 Å². The molecule has 0 unspecified atom stereocenters. The zero-order valence-electron chi connectivity index (χ0n) is 16.3. The number of hydrogen-bond acceptors (Lipinski definition) is 2. The van der Waals surface area contributed by atoms with Gasteiger partial charge in [-0.25, -0.2) is 0 Å². The van der Waals surface area contributed by atoms with Crippen molar-refractivity contribution < 1.29 is 20.4 Å². The molecule has 148 valence electrons. The molecule has 3 atom stereocenters. The van der Waals surface area contributed by atoms with E-state index >= 15 is 0 Å². The average molecular weight is 374 g/mol. The van der Waals surface area contributed by atoms with Crippen LogP contribution in [0.4, 0.5) is 0 Å². The second-order valence-electron chi connectivity index (χ2n) is 8.68. The molecule has 1 aromatic carbocycles. The molecule has 5 N–H and O–H groups in total. The average Bonchev–Trinajstić information content (AvgIpc) is 3.08. The van der Waals surface area contributed by atoms with Crippen LogP contribution >= 0.6 is 0 Å². The van der Waals surface area contributed by atoms with Gasteiger partial charge in [-0.15, -0.1) is 0 Å². The van der Waals surface area contributed by atoms with E-state index in [9.17, 15) is 10.2 Å². The minimum atomic E-state index is -0.309. The van der Waals surface area contributed by atoms with Crippen LogP contribution in [0, 0.1) is 0 Å². The fraction of sp³-hybridized carbons (Fsp3) is 0.636. The highest BCUT2D eigenvalue weighted by Crippen LogP contribution is 2.17. The Morgan fingerprint density at radius 3 is 2.67 bits per heavy atom. The number of benzene rings is 1. The summed E-state index contributed by atoms with van der Waals surface area (Å²) in [4.78, 5) is 1.52. The maximum Gasteiger partial charge on any atom is 0.121 e. The monoisotopic (exact) mass is 373 g/mol. The lowest BCUT2D eigenvalue weighted by atomic mass is 9.91. The number of piperidine rings is 1. The third-order valence-corrected chi connectivity index (χ3v) is 6.65. The normalized spacial score (nSPS) is 30.4. The zero-order valence-corrected chi connectivity index (χ0v) is 16.3.